The van der Waals surface area contributed by atoms with Crippen LogP contribution in [0.25, 0.3) is 0 Å². The molecule has 0 spiro atoms. The Balaban J connectivity index is 2.78. The molecule has 0 fully saturated rings. The predicted octanol–water partition coefficient (Wildman–Crippen LogP) is 1.27. The lowest BCUT2D eigenvalue weighted by Gasteiger charge is -1.99. The molecule has 4 heteroatoms. The Morgan fingerprint density at radius 3 is 2.50 bits per heavy atom. The van der Waals surface area contributed by atoms with Crippen LogP contribution in [0.5, 0.6) is 0 Å². The Morgan fingerprint density at radius 2 is 2.30 bits per heavy atom. The smallest absolute Gasteiger partial charge is 0.298 e. The molecule has 1 aliphatic rings. The van der Waals surface area contributed by atoms with E-state index in [9.17, 15) is 9.59 Å². The van der Waals surface area contributed by atoms with Gasteiger partial charge in [-0.25, -0.2) is 4.99 Å². The molecule has 54 valence electrons. The quantitative estimate of drug-likeness (QED) is 0.575. The van der Waals surface area contributed by atoms with Crippen molar-refractivity contribution in [1.29, 1.82) is 0 Å². The fourth-order valence-corrected chi connectivity index (χ4v) is 1.58. The molecule has 3 nitrogen and oxygen atoms in total. The molecule has 0 aliphatic carbocycles. The van der Waals surface area contributed by atoms with Crippen molar-refractivity contribution in [2.24, 2.45) is 4.99 Å². The predicted molar refractivity (Wildman–Crippen MR) is 40.6 cm³/mol. The summed E-state index contributed by atoms with van der Waals surface area (Å²) in [6.07, 6.45) is 0. The van der Waals surface area contributed by atoms with Crippen molar-refractivity contribution in [3.63, 3.8) is 0 Å². The first-order valence-corrected chi connectivity index (χ1v) is 3.75. The minimum absolute atomic E-state index is 0.00269. The molecule has 0 aromatic carbocycles. The second kappa shape index (κ2) is 2.54. The molecule has 1 atom stereocenters. The van der Waals surface area contributed by atoms with Gasteiger partial charge in [-0.2, -0.15) is 0 Å². The van der Waals surface area contributed by atoms with E-state index in [4.69, 9.17) is 0 Å². The first-order chi connectivity index (χ1) is 4.61. The molecule has 1 heterocycles. The highest BCUT2D eigenvalue weighted by atomic mass is 32.2. The summed E-state index contributed by atoms with van der Waals surface area (Å²) in [5, 5.41) is -0.565. The molecule has 1 amide bonds. The van der Waals surface area contributed by atoms with Crippen molar-refractivity contribution in [3.8, 4) is 0 Å². The maximum atomic E-state index is 10.7. The van der Waals surface area contributed by atoms with Crippen molar-refractivity contribution in [3.05, 3.63) is 0 Å². The van der Waals surface area contributed by atoms with Crippen LogP contribution in [-0.2, 0) is 4.79 Å². The van der Waals surface area contributed by atoms with Crippen molar-refractivity contribution >= 4 is 28.5 Å². The van der Waals surface area contributed by atoms with Gasteiger partial charge in [0.25, 0.3) is 0 Å². The van der Waals surface area contributed by atoms with Gasteiger partial charge in [-0.15, -0.1) is 0 Å². The number of nitrogens with zero attached hydrogens (tertiary/aromatic N) is 1. The molecule has 1 rings (SSSR count). The van der Waals surface area contributed by atoms with Crippen LogP contribution in [0, 0.1) is 0 Å². The third kappa shape index (κ3) is 1.26. The van der Waals surface area contributed by atoms with Gasteiger partial charge in [-0.05, 0) is 25.6 Å². The summed E-state index contributed by atoms with van der Waals surface area (Å²) in [7, 11) is 0. The van der Waals surface area contributed by atoms with Crippen molar-refractivity contribution < 1.29 is 9.59 Å². The SMILES string of the molecule is CC(=O)C1SC(=O)N=C1C. The minimum Gasteiger partial charge on any atom is -0.298 e. The third-order valence-electron chi connectivity index (χ3n) is 1.23. The fourth-order valence-electron chi connectivity index (χ4n) is 0.792. The molecule has 1 unspecified atom stereocenters. The average molecular weight is 157 g/mol. The summed E-state index contributed by atoms with van der Waals surface area (Å²) in [4.78, 5) is 25.0. The lowest BCUT2D eigenvalue weighted by atomic mass is 10.2. The summed E-state index contributed by atoms with van der Waals surface area (Å²) >= 11 is 0.990. The van der Waals surface area contributed by atoms with Crippen LogP contribution >= 0.6 is 11.8 Å². The molecule has 0 bridgehead atoms. The number of rotatable bonds is 1. The number of aliphatic imine (C=N–C) groups is 1. The number of thioether (sulfide) groups is 1. The van der Waals surface area contributed by atoms with Gasteiger partial charge < -0.3 is 0 Å². The number of carbonyl (C=O) groups is 2. The summed E-state index contributed by atoms with van der Waals surface area (Å²) in [5.41, 5.74) is 0.627. The van der Waals surface area contributed by atoms with Crippen molar-refractivity contribution in [2.45, 2.75) is 19.1 Å². The number of Topliss-reactive ketones (excluding diaryl/α,β-unsaturated/α-hetero) is 1. The van der Waals surface area contributed by atoms with E-state index < -0.39 is 0 Å². The summed E-state index contributed by atoms with van der Waals surface area (Å²) < 4.78 is 0. The van der Waals surface area contributed by atoms with Crippen LogP contribution in [-0.4, -0.2) is 22.0 Å². The Labute approximate surface area is 62.9 Å². The lowest BCUT2D eigenvalue weighted by molar-refractivity contribution is -0.115. The third-order valence-corrected chi connectivity index (χ3v) is 2.44. The number of ketones is 1. The van der Waals surface area contributed by atoms with Gasteiger partial charge in [-0.3, -0.25) is 9.59 Å². The topological polar surface area (TPSA) is 46.5 Å². The van der Waals surface area contributed by atoms with Crippen LogP contribution in [0.15, 0.2) is 4.99 Å². The maximum absolute atomic E-state index is 10.7. The highest BCUT2D eigenvalue weighted by Gasteiger charge is 2.27. The van der Waals surface area contributed by atoms with E-state index in [1.54, 1.807) is 6.92 Å². The van der Waals surface area contributed by atoms with Gasteiger partial charge in [0.15, 0.2) is 0 Å². The monoisotopic (exact) mass is 157 g/mol. The van der Waals surface area contributed by atoms with Gasteiger partial charge >= 0.3 is 5.24 Å². The second-order valence-corrected chi connectivity index (χ2v) is 3.18. The molecule has 0 N–H and O–H groups in total. The second-order valence-electron chi connectivity index (χ2n) is 2.13. The van der Waals surface area contributed by atoms with Crippen LogP contribution in [0.2, 0.25) is 0 Å². The molecular weight excluding hydrogens is 150 g/mol. The normalized spacial score (nSPS) is 24.8. The number of hydrogen-bond donors (Lipinski definition) is 0. The molecule has 0 saturated heterocycles. The zero-order chi connectivity index (χ0) is 7.72. The van der Waals surface area contributed by atoms with Gasteiger partial charge in [0.1, 0.15) is 11.0 Å². The maximum Gasteiger partial charge on any atom is 0.305 e. The lowest BCUT2D eigenvalue weighted by Crippen LogP contribution is -2.18. The molecule has 0 aromatic rings. The first-order valence-electron chi connectivity index (χ1n) is 2.87. The van der Waals surface area contributed by atoms with E-state index >= 15 is 0 Å². The molecule has 0 aromatic heterocycles. The molecule has 1 aliphatic heterocycles. The minimum atomic E-state index is -0.313. The van der Waals surface area contributed by atoms with Gasteiger partial charge in [0, 0.05) is 5.71 Å². The van der Waals surface area contributed by atoms with Crippen LogP contribution < -0.4 is 0 Å². The zero-order valence-electron chi connectivity index (χ0n) is 5.75. The molecular formula is C6H7NO2S. The average Bonchev–Trinajstić information content (AvgIpc) is 2.10. The largest absolute Gasteiger partial charge is 0.305 e. The van der Waals surface area contributed by atoms with E-state index in [1.807, 2.05) is 0 Å². The van der Waals surface area contributed by atoms with E-state index in [2.05, 4.69) is 4.99 Å². The Kier molecular flexibility index (Phi) is 1.89. The van der Waals surface area contributed by atoms with Crippen LogP contribution in [0.1, 0.15) is 13.8 Å². The highest BCUT2D eigenvalue weighted by Crippen LogP contribution is 2.23. The van der Waals surface area contributed by atoms with Gasteiger partial charge in [0.2, 0.25) is 0 Å². The number of hydrogen-bond acceptors (Lipinski definition) is 3. The summed E-state index contributed by atoms with van der Waals surface area (Å²) in [6.45, 7) is 3.17. The molecule has 0 radical (unpaired) electrons. The zero-order valence-corrected chi connectivity index (χ0v) is 6.57. The highest BCUT2D eigenvalue weighted by molar-refractivity contribution is 8.15. The Hall–Kier alpha value is -0.640. The standard InChI is InChI=1S/C6H7NO2S/c1-3-5(4(2)8)10-6(9)7-3/h5H,1-2H3. The van der Waals surface area contributed by atoms with Crippen LogP contribution in [0.3, 0.4) is 0 Å². The van der Waals surface area contributed by atoms with E-state index in [-0.39, 0.29) is 16.3 Å². The van der Waals surface area contributed by atoms with Crippen molar-refractivity contribution in [2.75, 3.05) is 0 Å². The van der Waals surface area contributed by atoms with Gasteiger partial charge in [0.05, 0.1) is 0 Å². The van der Waals surface area contributed by atoms with E-state index in [0.29, 0.717) is 5.71 Å². The number of amides is 1. The fraction of sp³-hybridized carbons (Fsp3) is 0.500. The summed E-state index contributed by atoms with van der Waals surface area (Å²) in [5.74, 6) is -0.00269. The van der Waals surface area contributed by atoms with Gasteiger partial charge in [-0.1, -0.05) is 0 Å². The van der Waals surface area contributed by atoms with Crippen molar-refractivity contribution in [1.82, 2.24) is 0 Å². The number of carbonyl (C=O) groups excluding carboxylic acids is 2. The Bertz CT molecular complexity index is 222. The van der Waals surface area contributed by atoms with E-state index in [1.165, 1.54) is 6.92 Å². The van der Waals surface area contributed by atoms with Crippen LogP contribution in [0.4, 0.5) is 4.79 Å². The Morgan fingerprint density at radius 1 is 1.70 bits per heavy atom. The summed E-state index contributed by atoms with van der Waals surface area (Å²) in [6, 6.07) is 0. The molecule has 0 saturated carbocycles. The first kappa shape index (κ1) is 7.47. The molecule has 10 heavy (non-hydrogen) atoms. The van der Waals surface area contributed by atoms with E-state index in [0.717, 1.165) is 11.8 Å².